The third-order valence-corrected chi connectivity index (χ3v) is 2.23. The number of carbonyl (C=O) groups excluding carboxylic acids is 2. The molecule has 0 aromatic carbocycles. The molecule has 2 aliphatic rings. The van der Waals surface area contributed by atoms with Crippen LogP contribution in [0.3, 0.4) is 0 Å². The van der Waals surface area contributed by atoms with E-state index in [1.807, 2.05) is 0 Å². The first kappa shape index (κ1) is 10.0. The second-order valence-electron chi connectivity index (χ2n) is 3.45. The Balaban J connectivity index is 0.000000132. The van der Waals surface area contributed by atoms with E-state index < -0.39 is 12.3 Å². The van der Waals surface area contributed by atoms with Gasteiger partial charge in [0.1, 0.15) is 0 Å². The summed E-state index contributed by atoms with van der Waals surface area (Å²) in [7, 11) is 0. The van der Waals surface area contributed by atoms with Crippen LogP contribution in [-0.2, 0) is 9.47 Å². The Morgan fingerprint density at radius 1 is 1.00 bits per heavy atom. The van der Waals surface area contributed by atoms with Gasteiger partial charge in [-0.05, 0) is 5.92 Å². The fraction of sp³-hybridized carbons (Fsp3) is 0.778. The smallest absolute Gasteiger partial charge is 0.327 e. The van der Waals surface area contributed by atoms with Crippen molar-refractivity contribution in [3.8, 4) is 0 Å². The van der Waals surface area contributed by atoms with Crippen LogP contribution < -0.4 is 0 Å². The third kappa shape index (κ3) is 3.92. The minimum absolute atomic E-state index is 0.917. The van der Waals surface area contributed by atoms with E-state index in [9.17, 15) is 9.59 Å². The van der Waals surface area contributed by atoms with Crippen molar-refractivity contribution in [1.29, 1.82) is 0 Å². The van der Waals surface area contributed by atoms with Crippen LogP contribution in [0.25, 0.3) is 0 Å². The summed E-state index contributed by atoms with van der Waals surface area (Å²) in [5.41, 5.74) is 0. The predicted molar refractivity (Wildman–Crippen MR) is 45.2 cm³/mol. The minimum atomic E-state index is -0.917. The van der Waals surface area contributed by atoms with Crippen molar-refractivity contribution in [1.82, 2.24) is 0 Å². The highest BCUT2D eigenvalue weighted by atomic mass is 16.9. The molecule has 0 unspecified atom stereocenters. The first-order valence-electron chi connectivity index (χ1n) is 4.62. The average Bonchev–Trinajstić information content (AvgIpc) is 2.05. The quantitative estimate of drug-likeness (QED) is 0.431. The van der Waals surface area contributed by atoms with Gasteiger partial charge in [-0.3, -0.25) is 0 Å². The number of carbonyl (C=O) groups is 2. The summed E-state index contributed by atoms with van der Waals surface area (Å²) >= 11 is 0. The van der Waals surface area contributed by atoms with E-state index in [-0.39, 0.29) is 0 Å². The summed E-state index contributed by atoms with van der Waals surface area (Å²) in [5.74, 6) is 1.04. The van der Waals surface area contributed by atoms with E-state index in [1.165, 1.54) is 32.1 Å². The van der Waals surface area contributed by atoms with Gasteiger partial charge in [-0.25, -0.2) is 9.59 Å². The van der Waals surface area contributed by atoms with Crippen molar-refractivity contribution in [2.75, 3.05) is 0 Å². The van der Waals surface area contributed by atoms with Crippen molar-refractivity contribution in [3.63, 3.8) is 0 Å². The summed E-state index contributed by atoms with van der Waals surface area (Å²) in [4.78, 5) is 18.9. The van der Waals surface area contributed by atoms with E-state index >= 15 is 0 Å². The van der Waals surface area contributed by atoms with E-state index in [4.69, 9.17) is 0 Å². The zero-order chi connectivity index (χ0) is 9.68. The predicted octanol–water partition coefficient (Wildman–Crippen LogP) is 2.86. The van der Waals surface area contributed by atoms with Gasteiger partial charge in [0.2, 0.25) is 0 Å². The molecule has 1 aliphatic heterocycles. The monoisotopic (exact) mass is 186 g/mol. The summed E-state index contributed by atoms with van der Waals surface area (Å²) in [5, 5.41) is 0. The molecule has 0 amide bonds. The molecule has 1 aliphatic carbocycles. The highest BCUT2D eigenvalue weighted by Crippen LogP contribution is 2.22. The van der Waals surface area contributed by atoms with Crippen LogP contribution in [0.1, 0.15) is 39.0 Å². The van der Waals surface area contributed by atoms with Gasteiger partial charge in [-0.2, -0.15) is 0 Å². The largest absolute Gasteiger partial charge is 0.528 e. The molecule has 74 valence electrons. The van der Waals surface area contributed by atoms with Crippen LogP contribution in [-0.4, -0.2) is 12.3 Å². The first-order chi connectivity index (χ1) is 6.18. The molecule has 0 atom stereocenters. The molecule has 1 saturated heterocycles. The van der Waals surface area contributed by atoms with E-state index in [0.717, 1.165) is 5.92 Å². The average molecular weight is 186 g/mol. The van der Waals surface area contributed by atoms with Gasteiger partial charge in [0.05, 0.1) is 0 Å². The van der Waals surface area contributed by atoms with Crippen molar-refractivity contribution >= 4 is 12.3 Å². The summed E-state index contributed by atoms with van der Waals surface area (Å²) in [6.45, 7) is 2.36. The van der Waals surface area contributed by atoms with Gasteiger partial charge in [-0.1, -0.05) is 39.0 Å². The zero-order valence-corrected chi connectivity index (χ0v) is 7.75. The van der Waals surface area contributed by atoms with Gasteiger partial charge in [0, 0.05) is 0 Å². The highest BCUT2D eigenvalue weighted by molar-refractivity contribution is 5.93. The van der Waals surface area contributed by atoms with Crippen LogP contribution in [0.4, 0.5) is 9.59 Å². The fourth-order valence-corrected chi connectivity index (χ4v) is 1.45. The highest BCUT2D eigenvalue weighted by Gasteiger charge is 2.27. The number of hydrogen-bond acceptors (Lipinski definition) is 4. The molecule has 0 spiro atoms. The maximum Gasteiger partial charge on any atom is 0.528 e. The van der Waals surface area contributed by atoms with Gasteiger partial charge < -0.3 is 9.47 Å². The first-order valence-corrected chi connectivity index (χ1v) is 4.62. The number of ether oxygens (including phenoxy) is 2. The maximum absolute atomic E-state index is 9.44. The molecule has 0 aromatic rings. The lowest BCUT2D eigenvalue weighted by Gasteiger charge is -2.15. The molecule has 4 heteroatoms. The van der Waals surface area contributed by atoms with Crippen molar-refractivity contribution < 1.29 is 19.1 Å². The van der Waals surface area contributed by atoms with Gasteiger partial charge in [-0.15, -0.1) is 0 Å². The van der Waals surface area contributed by atoms with Gasteiger partial charge in [0.15, 0.2) is 0 Å². The van der Waals surface area contributed by atoms with Crippen LogP contribution in [0.15, 0.2) is 0 Å². The molecular formula is C9H14O4. The molecule has 0 radical (unpaired) electrons. The SMILES string of the molecule is CC1CCCCC1.O=C1OC(=O)O1. The Hall–Kier alpha value is -1.06. The second-order valence-corrected chi connectivity index (χ2v) is 3.45. The van der Waals surface area contributed by atoms with Crippen LogP contribution in [0, 0.1) is 5.92 Å². The Bertz CT molecular complexity index is 172. The Morgan fingerprint density at radius 2 is 1.46 bits per heavy atom. The molecule has 4 nitrogen and oxygen atoms in total. The Morgan fingerprint density at radius 3 is 1.62 bits per heavy atom. The molecule has 1 saturated carbocycles. The van der Waals surface area contributed by atoms with Crippen molar-refractivity contribution in [2.45, 2.75) is 39.0 Å². The molecular weight excluding hydrogens is 172 g/mol. The molecule has 0 N–H and O–H groups in total. The lowest BCUT2D eigenvalue weighted by atomic mass is 9.91. The summed E-state index contributed by atoms with van der Waals surface area (Å²) < 4.78 is 7.28. The van der Waals surface area contributed by atoms with E-state index in [2.05, 4.69) is 16.4 Å². The van der Waals surface area contributed by atoms with Crippen molar-refractivity contribution in [3.05, 3.63) is 0 Å². The van der Waals surface area contributed by atoms with E-state index in [1.54, 1.807) is 0 Å². The van der Waals surface area contributed by atoms with Gasteiger partial charge in [0.25, 0.3) is 0 Å². The molecule has 0 aromatic heterocycles. The molecule has 13 heavy (non-hydrogen) atoms. The zero-order valence-electron chi connectivity index (χ0n) is 7.75. The number of cyclic esters (lactones) is 4. The fourth-order valence-electron chi connectivity index (χ4n) is 1.45. The molecule has 2 fully saturated rings. The summed E-state index contributed by atoms with van der Waals surface area (Å²) in [6, 6.07) is 0. The second kappa shape index (κ2) is 4.84. The van der Waals surface area contributed by atoms with E-state index in [0.29, 0.717) is 0 Å². The maximum atomic E-state index is 9.44. The lowest BCUT2D eigenvalue weighted by molar-refractivity contribution is 0.00678. The van der Waals surface area contributed by atoms with Crippen LogP contribution >= 0.6 is 0 Å². The van der Waals surface area contributed by atoms with Crippen LogP contribution in [0.2, 0.25) is 0 Å². The molecule has 0 bridgehead atoms. The topological polar surface area (TPSA) is 52.6 Å². The van der Waals surface area contributed by atoms with Crippen molar-refractivity contribution in [2.24, 2.45) is 5.92 Å². The third-order valence-electron chi connectivity index (χ3n) is 2.23. The standard InChI is InChI=1S/C7H14.C2O4/c1-7-5-3-2-4-6-7;3-1-5-2(4)6-1/h7H,2-6H2,1H3;. The summed E-state index contributed by atoms with van der Waals surface area (Å²) in [6.07, 6.45) is 5.60. The number of rotatable bonds is 0. The van der Waals surface area contributed by atoms with Crippen LogP contribution in [0.5, 0.6) is 0 Å². The normalized spacial score (nSPS) is 21.9. The Labute approximate surface area is 77.2 Å². The van der Waals surface area contributed by atoms with Gasteiger partial charge >= 0.3 is 12.3 Å². The minimum Gasteiger partial charge on any atom is -0.327 e. The molecule has 1 heterocycles. The number of hydrogen-bond donors (Lipinski definition) is 0. The lowest BCUT2D eigenvalue weighted by Crippen LogP contribution is -2.27. The molecule has 2 rings (SSSR count). The Kier molecular flexibility index (Phi) is 3.73.